The number of ether oxygens (including phenoxy) is 1. The van der Waals surface area contributed by atoms with E-state index in [9.17, 15) is 0 Å². The van der Waals surface area contributed by atoms with Crippen molar-refractivity contribution < 1.29 is 4.74 Å². The van der Waals surface area contributed by atoms with Gasteiger partial charge in [-0.25, -0.2) is 0 Å². The second kappa shape index (κ2) is 4.49. The van der Waals surface area contributed by atoms with E-state index in [1.807, 2.05) is 0 Å². The minimum atomic E-state index is 0.550. The molecule has 0 amide bonds. The van der Waals surface area contributed by atoms with Crippen molar-refractivity contribution >= 4 is 22.6 Å². The summed E-state index contributed by atoms with van der Waals surface area (Å²) in [4.78, 5) is 0. The van der Waals surface area contributed by atoms with Gasteiger partial charge in [-0.2, -0.15) is 0 Å². The van der Waals surface area contributed by atoms with Crippen molar-refractivity contribution in [2.75, 3.05) is 13.7 Å². The molecule has 1 fully saturated rings. The summed E-state index contributed by atoms with van der Waals surface area (Å²) in [5.74, 6) is 0.965. The molecule has 0 spiro atoms. The molecule has 1 aliphatic heterocycles. The first-order valence-electron chi connectivity index (χ1n) is 4.88. The average molecular weight is 303 g/mol. The van der Waals surface area contributed by atoms with Crippen LogP contribution in [-0.4, -0.2) is 13.7 Å². The number of methoxy groups -OCH3 is 1. The molecule has 1 N–H and O–H groups in total. The summed E-state index contributed by atoms with van der Waals surface area (Å²) in [5, 5.41) is 3.49. The summed E-state index contributed by atoms with van der Waals surface area (Å²) in [6.45, 7) is 1.15. The van der Waals surface area contributed by atoms with Crippen LogP contribution in [0.4, 0.5) is 0 Å². The summed E-state index contributed by atoms with van der Waals surface area (Å²) in [7, 11) is 1.71. The van der Waals surface area contributed by atoms with Crippen LogP contribution in [0.2, 0.25) is 0 Å². The zero-order chi connectivity index (χ0) is 9.97. The highest BCUT2D eigenvalue weighted by Crippen LogP contribution is 2.28. The van der Waals surface area contributed by atoms with Gasteiger partial charge in [-0.3, -0.25) is 0 Å². The van der Waals surface area contributed by atoms with E-state index in [0.29, 0.717) is 6.04 Å². The lowest BCUT2D eigenvalue weighted by Gasteiger charge is -2.12. The molecule has 2 rings (SSSR count). The Balaban J connectivity index is 2.23. The van der Waals surface area contributed by atoms with E-state index in [1.54, 1.807) is 7.11 Å². The van der Waals surface area contributed by atoms with Crippen LogP contribution in [-0.2, 0) is 0 Å². The van der Waals surface area contributed by atoms with Gasteiger partial charge in [0.05, 0.1) is 10.7 Å². The van der Waals surface area contributed by atoms with Crippen molar-refractivity contribution in [1.29, 1.82) is 0 Å². The lowest BCUT2D eigenvalue weighted by molar-refractivity contribution is 0.411. The number of hydrogen-bond acceptors (Lipinski definition) is 2. The molecule has 1 aromatic carbocycles. The Bertz CT molecular complexity index is 321. The van der Waals surface area contributed by atoms with E-state index in [4.69, 9.17) is 4.74 Å². The lowest BCUT2D eigenvalue weighted by atomic mass is 10.1. The number of nitrogens with one attached hydrogen (secondary N) is 1. The summed E-state index contributed by atoms with van der Waals surface area (Å²) < 4.78 is 6.43. The predicted octanol–water partition coefficient (Wildman–Crippen LogP) is 2.72. The van der Waals surface area contributed by atoms with Crippen molar-refractivity contribution in [3.8, 4) is 5.75 Å². The summed E-state index contributed by atoms with van der Waals surface area (Å²) in [6, 6.07) is 6.97. The zero-order valence-corrected chi connectivity index (χ0v) is 10.4. The first kappa shape index (κ1) is 10.2. The van der Waals surface area contributed by atoms with Crippen LogP contribution < -0.4 is 10.1 Å². The van der Waals surface area contributed by atoms with Gasteiger partial charge in [0, 0.05) is 6.04 Å². The molecule has 1 aromatic rings. The second-order valence-corrected chi connectivity index (χ2v) is 4.71. The minimum Gasteiger partial charge on any atom is -0.496 e. The van der Waals surface area contributed by atoms with Gasteiger partial charge in [-0.15, -0.1) is 0 Å². The molecular weight excluding hydrogens is 289 g/mol. The Kier molecular flexibility index (Phi) is 3.28. The third-order valence-corrected chi connectivity index (χ3v) is 3.48. The lowest BCUT2D eigenvalue weighted by Crippen LogP contribution is -2.12. The van der Waals surface area contributed by atoms with Gasteiger partial charge in [-0.05, 0) is 59.7 Å². The van der Waals surface area contributed by atoms with E-state index in [2.05, 4.69) is 46.1 Å². The maximum Gasteiger partial charge on any atom is 0.132 e. The SMILES string of the molecule is COc1ccc([C@@H]2CCCN2)cc1I. The van der Waals surface area contributed by atoms with Gasteiger partial charge < -0.3 is 10.1 Å². The Hall–Kier alpha value is -0.290. The molecule has 3 heteroatoms. The second-order valence-electron chi connectivity index (χ2n) is 3.54. The highest BCUT2D eigenvalue weighted by molar-refractivity contribution is 14.1. The fourth-order valence-corrected chi connectivity index (χ4v) is 2.63. The third kappa shape index (κ3) is 2.03. The first-order valence-corrected chi connectivity index (χ1v) is 5.96. The molecule has 76 valence electrons. The van der Waals surface area contributed by atoms with Crippen LogP contribution in [0.5, 0.6) is 5.75 Å². The number of halogens is 1. The Morgan fingerprint density at radius 3 is 2.93 bits per heavy atom. The Morgan fingerprint density at radius 1 is 1.50 bits per heavy atom. The van der Waals surface area contributed by atoms with Gasteiger partial charge in [0.2, 0.25) is 0 Å². The molecule has 0 bridgehead atoms. The van der Waals surface area contributed by atoms with E-state index < -0.39 is 0 Å². The van der Waals surface area contributed by atoms with E-state index in [0.717, 1.165) is 12.3 Å². The maximum atomic E-state index is 5.23. The molecule has 0 unspecified atom stereocenters. The van der Waals surface area contributed by atoms with Crippen molar-refractivity contribution in [2.45, 2.75) is 18.9 Å². The minimum absolute atomic E-state index is 0.550. The third-order valence-electron chi connectivity index (χ3n) is 2.64. The molecule has 1 heterocycles. The molecule has 1 aliphatic rings. The van der Waals surface area contributed by atoms with Gasteiger partial charge in [0.15, 0.2) is 0 Å². The monoisotopic (exact) mass is 303 g/mol. The van der Waals surface area contributed by atoms with Gasteiger partial charge in [0.25, 0.3) is 0 Å². The number of benzene rings is 1. The highest BCUT2D eigenvalue weighted by atomic mass is 127. The molecule has 2 nitrogen and oxygen atoms in total. The first-order chi connectivity index (χ1) is 6.81. The van der Waals surface area contributed by atoms with Crippen LogP contribution >= 0.6 is 22.6 Å². The number of hydrogen-bond donors (Lipinski definition) is 1. The van der Waals surface area contributed by atoms with Gasteiger partial charge in [-0.1, -0.05) is 6.07 Å². The van der Waals surface area contributed by atoms with Crippen molar-refractivity contribution in [3.63, 3.8) is 0 Å². The quantitative estimate of drug-likeness (QED) is 0.848. The fourth-order valence-electron chi connectivity index (χ4n) is 1.87. The molecule has 0 radical (unpaired) electrons. The van der Waals surface area contributed by atoms with Crippen LogP contribution in [0, 0.1) is 3.57 Å². The standard InChI is InChI=1S/C11H14INO/c1-14-11-5-4-8(7-9(11)12)10-3-2-6-13-10/h4-5,7,10,13H,2-3,6H2,1H3/t10-/m0/s1. The summed E-state index contributed by atoms with van der Waals surface area (Å²) in [6.07, 6.45) is 2.54. The average Bonchev–Trinajstić information content (AvgIpc) is 2.70. The van der Waals surface area contributed by atoms with Crippen molar-refractivity contribution in [3.05, 3.63) is 27.3 Å². The maximum absolute atomic E-state index is 5.23. The van der Waals surface area contributed by atoms with Crippen molar-refractivity contribution in [2.24, 2.45) is 0 Å². The van der Waals surface area contributed by atoms with E-state index >= 15 is 0 Å². The number of rotatable bonds is 2. The predicted molar refractivity (Wildman–Crippen MR) is 65.7 cm³/mol. The van der Waals surface area contributed by atoms with Gasteiger partial charge in [0.1, 0.15) is 5.75 Å². The molecule has 1 atom stereocenters. The van der Waals surface area contributed by atoms with Crippen LogP contribution in [0.15, 0.2) is 18.2 Å². The largest absolute Gasteiger partial charge is 0.496 e. The summed E-state index contributed by atoms with van der Waals surface area (Å²) in [5.41, 5.74) is 1.38. The molecule has 0 saturated carbocycles. The highest BCUT2D eigenvalue weighted by Gasteiger charge is 2.16. The zero-order valence-electron chi connectivity index (χ0n) is 8.22. The molecule has 14 heavy (non-hydrogen) atoms. The fraction of sp³-hybridized carbons (Fsp3) is 0.455. The van der Waals surface area contributed by atoms with Gasteiger partial charge >= 0.3 is 0 Å². The topological polar surface area (TPSA) is 21.3 Å². The summed E-state index contributed by atoms with van der Waals surface area (Å²) >= 11 is 2.32. The Morgan fingerprint density at radius 2 is 2.36 bits per heavy atom. The molecular formula is C11H14INO. The van der Waals surface area contributed by atoms with Crippen LogP contribution in [0.25, 0.3) is 0 Å². The molecule has 1 saturated heterocycles. The van der Waals surface area contributed by atoms with Crippen LogP contribution in [0.3, 0.4) is 0 Å². The normalized spacial score (nSPS) is 21.1. The Labute approximate surface area is 98.2 Å². The van der Waals surface area contributed by atoms with Crippen molar-refractivity contribution in [1.82, 2.24) is 5.32 Å². The molecule has 0 aliphatic carbocycles. The molecule has 0 aromatic heterocycles. The smallest absolute Gasteiger partial charge is 0.132 e. The van der Waals surface area contributed by atoms with Crippen LogP contribution in [0.1, 0.15) is 24.4 Å². The van der Waals surface area contributed by atoms with E-state index in [1.165, 1.54) is 22.0 Å². The van der Waals surface area contributed by atoms with E-state index in [-0.39, 0.29) is 0 Å².